The van der Waals surface area contributed by atoms with Gasteiger partial charge in [0.2, 0.25) is 0 Å². The lowest BCUT2D eigenvalue weighted by molar-refractivity contribution is -0.113. The first-order valence-corrected chi connectivity index (χ1v) is 8.19. The zero-order chi connectivity index (χ0) is 17.1. The molecule has 1 aromatic heterocycles. The fraction of sp³-hybridized carbons (Fsp3) is 0.0588. The van der Waals surface area contributed by atoms with Gasteiger partial charge < -0.3 is 4.74 Å². The number of methoxy groups -OCH3 is 1. The summed E-state index contributed by atoms with van der Waals surface area (Å²) in [7, 11) is 1.33. The Morgan fingerprint density at radius 1 is 1.29 bits per heavy atom. The number of esters is 1. The molecule has 0 spiro atoms. The van der Waals surface area contributed by atoms with E-state index in [0.717, 1.165) is 5.56 Å². The van der Waals surface area contributed by atoms with Crippen molar-refractivity contribution in [2.75, 3.05) is 12.0 Å². The summed E-state index contributed by atoms with van der Waals surface area (Å²) in [5, 5.41) is 0. The van der Waals surface area contributed by atoms with Gasteiger partial charge in [0.1, 0.15) is 0 Å². The van der Waals surface area contributed by atoms with E-state index in [1.54, 1.807) is 54.9 Å². The van der Waals surface area contributed by atoms with Crippen LogP contribution in [0.25, 0.3) is 6.08 Å². The van der Waals surface area contributed by atoms with Crippen molar-refractivity contribution in [2.45, 2.75) is 0 Å². The average molecular weight is 356 g/mol. The molecule has 0 bridgehead atoms. The van der Waals surface area contributed by atoms with Crippen LogP contribution in [0, 0.1) is 0 Å². The van der Waals surface area contributed by atoms with Gasteiger partial charge in [-0.3, -0.25) is 14.7 Å². The Labute approximate surface area is 148 Å². The lowest BCUT2D eigenvalue weighted by Crippen LogP contribution is -2.27. The number of carbonyl (C=O) groups is 2. The number of benzene rings is 1. The summed E-state index contributed by atoms with van der Waals surface area (Å²) in [5.41, 5.74) is 1.90. The fourth-order valence-corrected chi connectivity index (χ4v) is 3.46. The van der Waals surface area contributed by atoms with E-state index in [2.05, 4.69) is 9.72 Å². The normalized spacial score (nSPS) is 15.9. The van der Waals surface area contributed by atoms with Crippen molar-refractivity contribution in [1.29, 1.82) is 0 Å². The van der Waals surface area contributed by atoms with Crippen LogP contribution < -0.4 is 4.90 Å². The molecule has 1 fully saturated rings. The first kappa shape index (κ1) is 16.4. The Morgan fingerprint density at radius 3 is 2.67 bits per heavy atom. The summed E-state index contributed by atoms with van der Waals surface area (Å²) in [4.78, 5) is 30.0. The van der Waals surface area contributed by atoms with E-state index in [9.17, 15) is 9.59 Å². The van der Waals surface area contributed by atoms with Crippen LogP contribution in [0.15, 0.2) is 53.7 Å². The van der Waals surface area contributed by atoms with Crippen LogP contribution in [0.4, 0.5) is 5.69 Å². The Hall–Kier alpha value is -2.51. The molecule has 0 aliphatic carbocycles. The van der Waals surface area contributed by atoms with E-state index < -0.39 is 5.97 Å². The molecule has 120 valence electrons. The number of ether oxygens (including phenoxy) is 1. The Bertz CT molecular complexity index is 833. The second-order valence-electron chi connectivity index (χ2n) is 4.84. The van der Waals surface area contributed by atoms with E-state index in [0.29, 0.717) is 20.5 Å². The van der Waals surface area contributed by atoms with E-state index in [1.807, 2.05) is 0 Å². The minimum Gasteiger partial charge on any atom is -0.465 e. The minimum atomic E-state index is -0.399. The molecule has 0 unspecified atom stereocenters. The third kappa shape index (κ3) is 3.22. The smallest absolute Gasteiger partial charge is 0.337 e. The van der Waals surface area contributed by atoms with Crippen molar-refractivity contribution in [1.82, 2.24) is 4.98 Å². The van der Waals surface area contributed by atoms with Gasteiger partial charge in [-0.15, -0.1) is 0 Å². The highest BCUT2D eigenvalue weighted by molar-refractivity contribution is 8.27. The molecule has 24 heavy (non-hydrogen) atoms. The molecule has 0 N–H and O–H groups in total. The summed E-state index contributed by atoms with van der Waals surface area (Å²) < 4.78 is 5.12. The third-order valence-corrected chi connectivity index (χ3v) is 4.63. The zero-order valence-electron chi connectivity index (χ0n) is 12.6. The van der Waals surface area contributed by atoms with E-state index in [1.165, 1.54) is 23.8 Å². The molecule has 2 aromatic rings. The highest BCUT2D eigenvalue weighted by atomic mass is 32.2. The van der Waals surface area contributed by atoms with Crippen molar-refractivity contribution in [3.05, 3.63) is 64.8 Å². The highest BCUT2D eigenvalue weighted by Crippen LogP contribution is 2.35. The maximum absolute atomic E-state index is 12.6. The van der Waals surface area contributed by atoms with Crippen LogP contribution in [-0.4, -0.2) is 28.3 Å². The van der Waals surface area contributed by atoms with Gasteiger partial charge in [-0.2, -0.15) is 0 Å². The maximum atomic E-state index is 12.6. The minimum absolute atomic E-state index is 0.185. The molecule has 1 aliphatic rings. The number of carbonyl (C=O) groups excluding carboxylic acids is 2. The fourth-order valence-electron chi connectivity index (χ4n) is 2.16. The van der Waals surface area contributed by atoms with Crippen molar-refractivity contribution < 1.29 is 14.3 Å². The zero-order valence-corrected chi connectivity index (χ0v) is 14.3. The molecule has 1 aliphatic heterocycles. The number of thioether (sulfide) groups is 1. The Morgan fingerprint density at radius 2 is 2.04 bits per heavy atom. The van der Waals surface area contributed by atoms with E-state index in [4.69, 9.17) is 12.2 Å². The number of thiocarbonyl (C=S) groups is 1. The molecular formula is C17H12N2O3S2. The number of anilines is 1. The van der Waals surface area contributed by atoms with Crippen LogP contribution in [0.2, 0.25) is 0 Å². The number of pyridine rings is 1. The number of aromatic nitrogens is 1. The summed E-state index contributed by atoms with van der Waals surface area (Å²) in [6.45, 7) is 0. The second-order valence-corrected chi connectivity index (χ2v) is 6.52. The van der Waals surface area contributed by atoms with Gasteiger partial charge in [0, 0.05) is 6.20 Å². The highest BCUT2D eigenvalue weighted by Gasteiger charge is 2.33. The summed E-state index contributed by atoms with van der Waals surface area (Å²) in [6.07, 6.45) is 4.98. The van der Waals surface area contributed by atoms with Crippen molar-refractivity contribution in [2.24, 2.45) is 0 Å². The molecule has 1 saturated heterocycles. The Kier molecular flexibility index (Phi) is 4.73. The van der Waals surface area contributed by atoms with Crippen LogP contribution in [-0.2, 0) is 9.53 Å². The first-order chi connectivity index (χ1) is 11.6. The number of amides is 1. The van der Waals surface area contributed by atoms with E-state index >= 15 is 0 Å². The van der Waals surface area contributed by atoms with Crippen LogP contribution in [0.5, 0.6) is 0 Å². The summed E-state index contributed by atoms with van der Waals surface area (Å²) >= 11 is 6.54. The van der Waals surface area contributed by atoms with Crippen LogP contribution in [0.3, 0.4) is 0 Å². The molecule has 2 heterocycles. The monoisotopic (exact) mass is 356 g/mol. The number of hydrogen-bond donors (Lipinski definition) is 0. The molecule has 1 amide bonds. The number of nitrogens with zero attached hydrogens (tertiary/aromatic N) is 2. The van der Waals surface area contributed by atoms with Crippen molar-refractivity contribution in [3.8, 4) is 0 Å². The van der Waals surface area contributed by atoms with Gasteiger partial charge in [0.25, 0.3) is 5.91 Å². The lowest BCUT2D eigenvalue weighted by atomic mass is 10.1. The molecule has 7 heteroatoms. The van der Waals surface area contributed by atoms with Gasteiger partial charge in [-0.05, 0) is 35.9 Å². The van der Waals surface area contributed by atoms with Crippen molar-refractivity contribution in [3.63, 3.8) is 0 Å². The molecule has 3 rings (SSSR count). The molecular weight excluding hydrogens is 344 g/mol. The molecule has 0 radical (unpaired) electrons. The predicted molar refractivity (Wildman–Crippen MR) is 97.7 cm³/mol. The summed E-state index contributed by atoms with van der Waals surface area (Å²) in [6, 6.07) is 10.3. The van der Waals surface area contributed by atoms with Gasteiger partial charge in [0.05, 0.1) is 29.5 Å². The lowest BCUT2D eigenvalue weighted by Gasteiger charge is -2.13. The van der Waals surface area contributed by atoms with E-state index in [-0.39, 0.29) is 5.91 Å². The van der Waals surface area contributed by atoms with Crippen LogP contribution in [0.1, 0.15) is 15.9 Å². The average Bonchev–Trinajstić information content (AvgIpc) is 2.89. The largest absolute Gasteiger partial charge is 0.465 e. The third-order valence-electron chi connectivity index (χ3n) is 3.33. The SMILES string of the molecule is COC(=O)c1ccc(/C=C2\SC(=S)N(c3cccnc3)C2=O)cc1. The Balaban J connectivity index is 1.85. The predicted octanol–water partition coefficient (Wildman–Crippen LogP) is 3.27. The van der Waals surface area contributed by atoms with Gasteiger partial charge in [-0.25, -0.2) is 4.79 Å². The molecule has 1 aromatic carbocycles. The second kappa shape index (κ2) is 6.94. The van der Waals surface area contributed by atoms with Gasteiger partial charge in [0.15, 0.2) is 4.32 Å². The number of rotatable bonds is 3. The molecule has 0 atom stereocenters. The molecule has 5 nitrogen and oxygen atoms in total. The quantitative estimate of drug-likeness (QED) is 0.478. The van der Waals surface area contributed by atoms with Crippen molar-refractivity contribution >= 4 is 51.9 Å². The number of hydrogen-bond acceptors (Lipinski definition) is 6. The molecule has 0 saturated carbocycles. The van der Waals surface area contributed by atoms with Crippen LogP contribution >= 0.6 is 24.0 Å². The summed E-state index contributed by atoms with van der Waals surface area (Å²) in [5.74, 6) is -0.584. The first-order valence-electron chi connectivity index (χ1n) is 6.96. The standard InChI is InChI=1S/C17H12N2O3S2/c1-22-16(21)12-6-4-11(5-7-12)9-14-15(20)19(17(23)24-14)13-3-2-8-18-10-13/h2-10H,1H3/b14-9-. The topological polar surface area (TPSA) is 59.5 Å². The maximum Gasteiger partial charge on any atom is 0.337 e. The van der Waals surface area contributed by atoms with Gasteiger partial charge in [-0.1, -0.05) is 36.1 Å². The van der Waals surface area contributed by atoms with Gasteiger partial charge >= 0.3 is 5.97 Å².